The molecule has 0 aliphatic carbocycles. The maximum absolute atomic E-state index is 3.71. The van der Waals surface area contributed by atoms with Crippen molar-refractivity contribution in [2.24, 2.45) is 5.92 Å². The van der Waals surface area contributed by atoms with Crippen LogP contribution in [0, 0.1) is 5.92 Å². The molecular weight excluding hydrogens is 136 g/mol. The van der Waals surface area contributed by atoms with Gasteiger partial charge in [0, 0.05) is 18.1 Å². The Morgan fingerprint density at radius 2 is 1.91 bits per heavy atom. The van der Waals surface area contributed by atoms with E-state index in [1.165, 1.54) is 32.2 Å². The van der Waals surface area contributed by atoms with Crippen LogP contribution in [0.2, 0.25) is 0 Å². The summed E-state index contributed by atoms with van der Waals surface area (Å²) < 4.78 is 0. The molecule has 2 N–H and O–H groups in total. The van der Waals surface area contributed by atoms with Crippen LogP contribution in [0.1, 0.15) is 25.7 Å². The number of hydrogen-bond donors (Lipinski definition) is 2. The second kappa shape index (κ2) is 2.20. The Labute approximate surface area is 67.7 Å². The summed E-state index contributed by atoms with van der Waals surface area (Å²) in [6.45, 7) is 1.26. The van der Waals surface area contributed by atoms with E-state index < -0.39 is 0 Å². The summed E-state index contributed by atoms with van der Waals surface area (Å²) in [5.41, 5.74) is 0. The minimum absolute atomic E-state index is 0.824. The van der Waals surface area contributed by atoms with Crippen LogP contribution >= 0.6 is 0 Å². The third kappa shape index (κ3) is 0.798. The molecule has 0 aromatic heterocycles. The van der Waals surface area contributed by atoms with Crippen molar-refractivity contribution in [2.45, 2.75) is 43.8 Å². The number of piperidine rings is 1. The van der Waals surface area contributed by atoms with Gasteiger partial charge < -0.3 is 10.6 Å². The molecule has 4 atom stereocenters. The van der Waals surface area contributed by atoms with Gasteiger partial charge in [-0.3, -0.25) is 0 Å². The van der Waals surface area contributed by atoms with Gasteiger partial charge in [-0.25, -0.2) is 0 Å². The highest BCUT2D eigenvalue weighted by molar-refractivity contribution is 5.08. The van der Waals surface area contributed by atoms with E-state index >= 15 is 0 Å². The van der Waals surface area contributed by atoms with Gasteiger partial charge in [-0.2, -0.15) is 0 Å². The number of hydrogen-bond acceptors (Lipinski definition) is 2. The first-order valence-electron chi connectivity index (χ1n) is 4.94. The van der Waals surface area contributed by atoms with Gasteiger partial charge >= 0.3 is 0 Å². The van der Waals surface area contributed by atoms with E-state index in [2.05, 4.69) is 10.6 Å². The van der Waals surface area contributed by atoms with Gasteiger partial charge in [-0.05, 0) is 38.1 Å². The van der Waals surface area contributed by atoms with E-state index in [1.807, 2.05) is 0 Å². The van der Waals surface area contributed by atoms with Crippen molar-refractivity contribution < 1.29 is 0 Å². The second-order valence-corrected chi connectivity index (χ2v) is 4.24. The SMILES string of the molecule is C1CNC2C3CCC(N3)C2C1. The molecule has 3 rings (SSSR count). The lowest BCUT2D eigenvalue weighted by molar-refractivity contribution is 0.248. The minimum atomic E-state index is 0.824. The van der Waals surface area contributed by atoms with Crippen LogP contribution in [0.15, 0.2) is 0 Å². The van der Waals surface area contributed by atoms with Crippen molar-refractivity contribution in [3.05, 3.63) is 0 Å². The molecule has 11 heavy (non-hydrogen) atoms. The lowest BCUT2D eigenvalue weighted by Gasteiger charge is -2.34. The zero-order chi connectivity index (χ0) is 7.26. The Morgan fingerprint density at radius 3 is 2.82 bits per heavy atom. The summed E-state index contributed by atoms with van der Waals surface area (Å²) >= 11 is 0. The smallest absolute Gasteiger partial charge is 0.0264 e. The first-order valence-corrected chi connectivity index (χ1v) is 4.94. The molecule has 0 aromatic carbocycles. The van der Waals surface area contributed by atoms with Crippen molar-refractivity contribution in [2.75, 3.05) is 6.54 Å². The first kappa shape index (κ1) is 6.44. The normalized spacial score (nSPS) is 54.5. The fourth-order valence-corrected chi connectivity index (χ4v) is 3.25. The van der Waals surface area contributed by atoms with Crippen LogP contribution in [0.4, 0.5) is 0 Å². The van der Waals surface area contributed by atoms with Crippen LogP contribution in [0.5, 0.6) is 0 Å². The topological polar surface area (TPSA) is 24.1 Å². The lowest BCUT2D eigenvalue weighted by atomic mass is 9.79. The summed E-state index contributed by atoms with van der Waals surface area (Å²) in [4.78, 5) is 0. The predicted molar refractivity (Wildman–Crippen MR) is 44.5 cm³/mol. The van der Waals surface area contributed by atoms with Gasteiger partial charge in [-0.15, -0.1) is 0 Å². The third-order valence-electron chi connectivity index (χ3n) is 3.72. The molecule has 2 nitrogen and oxygen atoms in total. The van der Waals surface area contributed by atoms with Gasteiger partial charge in [0.2, 0.25) is 0 Å². The number of fused-ring (bicyclic) bond motifs is 5. The maximum Gasteiger partial charge on any atom is 0.0264 e. The molecule has 0 spiro atoms. The predicted octanol–water partition coefficient (Wildman–Crippen LogP) is 0.489. The zero-order valence-electron chi connectivity index (χ0n) is 6.84. The lowest BCUT2D eigenvalue weighted by Crippen LogP contribution is -2.47. The molecule has 0 saturated carbocycles. The van der Waals surface area contributed by atoms with Crippen LogP contribution in [0.25, 0.3) is 0 Å². The molecule has 3 fully saturated rings. The fourth-order valence-electron chi connectivity index (χ4n) is 3.25. The van der Waals surface area contributed by atoms with E-state index in [9.17, 15) is 0 Å². The third-order valence-corrected chi connectivity index (χ3v) is 3.72. The monoisotopic (exact) mass is 152 g/mol. The molecule has 0 amide bonds. The van der Waals surface area contributed by atoms with Gasteiger partial charge in [0.15, 0.2) is 0 Å². The molecule has 3 aliphatic heterocycles. The molecule has 3 aliphatic rings. The molecule has 2 bridgehead atoms. The highest BCUT2D eigenvalue weighted by atomic mass is 15.1. The average molecular weight is 152 g/mol. The molecular formula is C9H16N2. The summed E-state index contributed by atoms with van der Waals surface area (Å²) in [5.74, 6) is 0.975. The Bertz CT molecular complexity index is 151. The standard InChI is InChI=1S/C9H16N2/c1-2-6-7-3-4-8(11-7)9(6)10-5-1/h6-11H,1-5H2. The highest BCUT2D eigenvalue weighted by Gasteiger charge is 2.47. The van der Waals surface area contributed by atoms with Gasteiger partial charge in [0.25, 0.3) is 0 Å². The van der Waals surface area contributed by atoms with E-state index in [0.717, 1.165) is 24.0 Å². The Kier molecular flexibility index (Phi) is 1.29. The Hall–Kier alpha value is -0.0800. The summed E-state index contributed by atoms with van der Waals surface area (Å²) in [6.07, 6.45) is 5.71. The number of nitrogens with one attached hydrogen (secondary N) is 2. The van der Waals surface area contributed by atoms with Crippen LogP contribution in [-0.4, -0.2) is 24.7 Å². The molecule has 3 saturated heterocycles. The van der Waals surface area contributed by atoms with Gasteiger partial charge in [0.1, 0.15) is 0 Å². The maximum atomic E-state index is 3.71. The molecule has 0 radical (unpaired) electrons. The Morgan fingerprint density at radius 1 is 1.00 bits per heavy atom. The van der Waals surface area contributed by atoms with Crippen molar-refractivity contribution in [1.29, 1.82) is 0 Å². The van der Waals surface area contributed by atoms with Crippen molar-refractivity contribution in [1.82, 2.24) is 10.6 Å². The van der Waals surface area contributed by atoms with E-state index in [-0.39, 0.29) is 0 Å². The van der Waals surface area contributed by atoms with Gasteiger partial charge in [-0.1, -0.05) is 0 Å². The van der Waals surface area contributed by atoms with E-state index in [4.69, 9.17) is 0 Å². The highest BCUT2D eigenvalue weighted by Crippen LogP contribution is 2.37. The minimum Gasteiger partial charge on any atom is -0.312 e. The van der Waals surface area contributed by atoms with Crippen molar-refractivity contribution >= 4 is 0 Å². The fraction of sp³-hybridized carbons (Fsp3) is 1.00. The van der Waals surface area contributed by atoms with Gasteiger partial charge in [0.05, 0.1) is 0 Å². The quantitative estimate of drug-likeness (QED) is 0.528. The summed E-state index contributed by atoms with van der Waals surface area (Å²) in [6, 6.07) is 2.53. The molecule has 4 unspecified atom stereocenters. The molecule has 2 heteroatoms. The summed E-state index contributed by atoms with van der Waals surface area (Å²) in [5, 5.41) is 7.36. The van der Waals surface area contributed by atoms with Crippen molar-refractivity contribution in [3.8, 4) is 0 Å². The van der Waals surface area contributed by atoms with Crippen molar-refractivity contribution in [3.63, 3.8) is 0 Å². The molecule has 62 valence electrons. The largest absolute Gasteiger partial charge is 0.312 e. The first-order chi connectivity index (χ1) is 5.45. The Balaban J connectivity index is 1.84. The van der Waals surface area contributed by atoms with E-state index in [0.29, 0.717) is 0 Å². The molecule has 3 heterocycles. The number of rotatable bonds is 0. The molecule has 0 aromatic rings. The summed E-state index contributed by atoms with van der Waals surface area (Å²) in [7, 11) is 0. The van der Waals surface area contributed by atoms with E-state index in [1.54, 1.807) is 0 Å². The zero-order valence-corrected chi connectivity index (χ0v) is 6.84. The van der Waals surface area contributed by atoms with Crippen LogP contribution < -0.4 is 10.6 Å². The van der Waals surface area contributed by atoms with Crippen LogP contribution in [0.3, 0.4) is 0 Å². The average Bonchev–Trinajstić information content (AvgIpc) is 2.64. The second-order valence-electron chi connectivity index (χ2n) is 4.24. The van der Waals surface area contributed by atoms with Crippen LogP contribution in [-0.2, 0) is 0 Å².